The number of pyridine rings is 1. The highest BCUT2D eigenvalue weighted by atomic mass is 32.1. The maximum absolute atomic E-state index is 13.1. The number of fused-ring (bicyclic) bond motifs is 1. The minimum atomic E-state index is -0.800. The van der Waals surface area contributed by atoms with Crippen LogP contribution in [0.3, 0.4) is 0 Å². The molecule has 8 nitrogen and oxygen atoms in total. The van der Waals surface area contributed by atoms with Gasteiger partial charge in [-0.05, 0) is 48.2 Å². The van der Waals surface area contributed by atoms with Gasteiger partial charge >= 0.3 is 6.09 Å². The molecule has 3 aromatic rings. The Labute approximate surface area is 202 Å². The number of hydrogen-bond donors (Lipinski definition) is 1. The van der Waals surface area contributed by atoms with Gasteiger partial charge in [-0.15, -0.1) is 11.3 Å². The van der Waals surface area contributed by atoms with Gasteiger partial charge in [-0.1, -0.05) is 18.2 Å². The highest BCUT2D eigenvalue weighted by Crippen LogP contribution is 2.34. The number of rotatable bonds is 8. The average Bonchev–Trinajstić information content (AvgIpc) is 3.34. The number of benzene rings is 1. The molecule has 0 spiro atoms. The first-order valence-electron chi connectivity index (χ1n) is 11.1. The van der Waals surface area contributed by atoms with E-state index in [1.165, 1.54) is 0 Å². The molecule has 2 N–H and O–H groups in total. The first kappa shape index (κ1) is 23.6. The maximum atomic E-state index is 13.1. The van der Waals surface area contributed by atoms with Crippen molar-refractivity contribution < 1.29 is 19.1 Å². The van der Waals surface area contributed by atoms with Crippen LogP contribution in [0.25, 0.3) is 0 Å². The summed E-state index contributed by atoms with van der Waals surface area (Å²) in [5.74, 6) is 1.38. The minimum absolute atomic E-state index is 0.0208. The summed E-state index contributed by atoms with van der Waals surface area (Å²) in [6.45, 7) is 3.94. The Morgan fingerprint density at radius 1 is 1.18 bits per heavy atom. The van der Waals surface area contributed by atoms with E-state index in [1.54, 1.807) is 23.6 Å². The highest BCUT2D eigenvalue weighted by molar-refractivity contribution is 7.10. The summed E-state index contributed by atoms with van der Waals surface area (Å²) >= 11 is 1.58. The lowest BCUT2D eigenvalue weighted by Gasteiger charge is -2.30. The van der Waals surface area contributed by atoms with Crippen molar-refractivity contribution >= 4 is 29.2 Å². The average molecular weight is 481 g/mol. The molecule has 3 heterocycles. The van der Waals surface area contributed by atoms with Crippen molar-refractivity contribution in [2.24, 2.45) is 5.73 Å². The number of anilines is 1. The largest absolute Gasteiger partial charge is 0.482 e. The third-order valence-electron chi connectivity index (χ3n) is 5.88. The summed E-state index contributed by atoms with van der Waals surface area (Å²) in [5.41, 5.74) is 6.06. The number of carbonyl (C=O) groups excluding carboxylic acids is 2. The van der Waals surface area contributed by atoms with Crippen molar-refractivity contribution in [3.8, 4) is 5.75 Å². The molecule has 1 aliphatic rings. The lowest BCUT2D eigenvalue weighted by atomic mass is 10.00. The van der Waals surface area contributed by atoms with Gasteiger partial charge in [0.25, 0.3) is 5.91 Å². The summed E-state index contributed by atoms with van der Waals surface area (Å²) in [4.78, 5) is 33.4. The molecular formula is C25H28N4O4S. The smallest absolute Gasteiger partial charge is 0.404 e. The normalized spacial score (nSPS) is 15.3. The number of aromatic nitrogens is 1. The number of thiophene rings is 1. The van der Waals surface area contributed by atoms with Gasteiger partial charge in [0.15, 0.2) is 0 Å². The van der Waals surface area contributed by atoms with E-state index in [1.807, 2.05) is 71.6 Å². The van der Waals surface area contributed by atoms with Crippen LogP contribution in [0.2, 0.25) is 0 Å². The monoisotopic (exact) mass is 480 g/mol. The van der Waals surface area contributed by atoms with E-state index >= 15 is 0 Å². The first-order chi connectivity index (χ1) is 16.4. The molecular weight excluding hydrogens is 452 g/mol. The number of nitrogens with zero attached hydrogens (tertiary/aromatic N) is 3. The Morgan fingerprint density at radius 2 is 1.97 bits per heavy atom. The van der Waals surface area contributed by atoms with Gasteiger partial charge in [-0.2, -0.15) is 0 Å². The molecule has 1 aliphatic heterocycles. The van der Waals surface area contributed by atoms with Crippen molar-refractivity contribution in [1.29, 1.82) is 0 Å². The second-order valence-corrected chi connectivity index (χ2v) is 9.34. The Hall–Kier alpha value is -3.59. The number of carbonyl (C=O) groups is 2. The van der Waals surface area contributed by atoms with E-state index in [0.29, 0.717) is 43.2 Å². The van der Waals surface area contributed by atoms with Gasteiger partial charge in [0.05, 0.1) is 12.2 Å². The summed E-state index contributed by atoms with van der Waals surface area (Å²) in [6, 6.07) is 15.3. The molecule has 0 radical (unpaired) electrons. The first-order valence-corrected chi connectivity index (χ1v) is 11.9. The molecule has 0 fully saturated rings. The number of primary amides is 1. The Balaban J connectivity index is 1.46. The lowest BCUT2D eigenvalue weighted by molar-refractivity contribution is 0.0529. The quantitative estimate of drug-likeness (QED) is 0.523. The van der Waals surface area contributed by atoms with Crippen molar-refractivity contribution in [2.45, 2.75) is 25.5 Å². The van der Waals surface area contributed by atoms with Crippen LogP contribution in [0.1, 0.15) is 34.1 Å². The molecule has 0 bridgehead atoms. The van der Waals surface area contributed by atoms with Gasteiger partial charge in [-0.25, -0.2) is 9.78 Å². The third kappa shape index (κ3) is 5.31. The van der Waals surface area contributed by atoms with Gasteiger partial charge < -0.3 is 25.0 Å². The van der Waals surface area contributed by atoms with E-state index in [9.17, 15) is 9.59 Å². The molecule has 178 valence electrons. The number of nitrogens with two attached hydrogens (primary N) is 1. The second kappa shape index (κ2) is 10.1. The minimum Gasteiger partial charge on any atom is -0.482 e. The SMILES string of the molecule is CN1CCN(Cc2ccc(OC(C)(CCOC(N)=O)c3cccs3)cc2)C(=O)c2cccnc21. The molecule has 4 rings (SSSR count). The fourth-order valence-corrected chi connectivity index (χ4v) is 4.82. The number of likely N-dealkylation sites (N-methyl/N-ethyl adjacent to an activating group) is 1. The van der Waals surface area contributed by atoms with Gasteiger partial charge in [0.1, 0.15) is 17.2 Å². The fraction of sp³-hybridized carbons (Fsp3) is 0.320. The number of amides is 2. The van der Waals surface area contributed by atoms with Crippen LogP contribution in [0.4, 0.5) is 10.6 Å². The van der Waals surface area contributed by atoms with Crippen LogP contribution in [0, 0.1) is 0 Å². The third-order valence-corrected chi connectivity index (χ3v) is 6.99. The molecule has 1 aromatic carbocycles. The molecule has 0 saturated carbocycles. The van der Waals surface area contributed by atoms with Gasteiger partial charge in [-0.3, -0.25) is 4.79 Å². The maximum Gasteiger partial charge on any atom is 0.404 e. The van der Waals surface area contributed by atoms with E-state index in [-0.39, 0.29) is 12.5 Å². The molecule has 0 aliphatic carbocycles. The van der Waals surface area contributed by atoms with Crippen LogP contribution < -0.4 is 15.4 Å². The van der Waals surface area contributed by atoms with Crippen molar-refractivity contribution in [3.05, 3.63) is 76.1 Å². The summed E-state index contributed by atoms with van der Waals surface area (Å²) in [7, 11) is 1.95. The van der Waals surface area contributed by atoms with Crippen LogP contribution in [-0.4, -0.2) is 48.6 Å². The highest BCUT2D eigenvalue weighted by Gasteiger charge is 2.31. The fourth-order valence-electron chi connectivity index (χ4n) is 3.96. The summed E-state index contributed by atoms with van der Waals surface area (Å²) in [5, 5.41) is 1.98. The zero-order valence-electron chi connectivity index (χ0n) is 19.3. The molecule has 34 heavy (non-hydrogen) atoms. The second-order valence-electron chi connectivity index (χ2n) is 8.39. The Bertz CT molecular complexity index is 1140. The molecule has 9 heteroatoms. The van der Waals surface area contributed by atoms with Crippen LogP contribution in [0.15, 0.2) is 60.1 Å². The lowest BCUT2D eigenvalue weighted by Crippen LogP contribution is -2.33. The van der Waals surface area contributed by atoms with Crippen LogP contribution >= 0.6 is 11.3 Å². The van der Waals surface area contributed by atoms with Crippen LogP contribution in [-0.2, 0) is 16.9 Å². The van der Waals surface area contributed by atoms with Crippen molar-refractivity contribution in [3.63, 3.8) is 0 Å². The van der Waals surface area contributed by atoms with Gasteiger partial charge in [0.2, 0.25) is 0 Å². The van der Waals surface area contributed by atoms with Crippen molar-refractivity contribution in [2.75, 3.05) is 31.6 Å². The molecule has 1 atom stereocenters. The van der Waals surface area contributed by atoms with Gasteiger partial charge in [0, 0.05) is 44.2 Å². The van der Waals surface area contributed by atoms with E-state index in [0.717, 1.165) is 10.4 Å². The zero-order valence-corrected chi connectivity index (χ0v) is 20.1. The topological polar surface area (TPSA) is 98.0 Å². The van der Waals surface area contributed by atoms with E-state index in [4.69, 9.17) is 15.2 Å². The predicted octanol–water partition coefficient (Wildman–Crippen LogP) is 4.01. The summed E-state index contributed by atoms with van der Waals surface area (Å²) in [6.07, 6.45) is 1.37. The molecule has 1 unspecified atom stereocenters. The molecule has 2 amide bonds. The zero-order chi connectivity index (χ0) is 24.1. The standard InChI is InChI=1S/C25H28N4O4S/c1-25(11-15-32-24(26)31,21-6-4-16-34-21)33-19-9-7-18(8-10-19)17-29-14-13-28(2)22-20(23(29)30)5-3-12-27-22/h3-10,12,16H,11,13-15,17H2,1-2H3,(H2,26,31). The Kier molecular flexibility index (Phi) is 7.02. The summed E-state index contributed by atoms with van der Waals surface area (Å²) < 4.78 is 11.3. The predicted molar refractivity (Wildman–Crippen MR) is 131 cm³/mol. The van der Waals surface area contributed by atoms with E-state index in [2.05, 4.69) is 4.98 Å². The Morgan fingerprint density at radius 3 is 2.68 bits per heavy atom. The number of ether oxygens (including phenoxy) is 2. The van der Waals surface area contributed by atoms with Crippen LogP contribution in [0.5, 0.6) is 5.75 Å². The number of hydrogen-bond acceptors (Lipinski definition) is 7. The molecule has 0 saturated heterocycles. The molecule has 2 aromatic heterocycles. The van der Waals surface area contributed by atoms with E-state index < -0.39 is 11.7 Å². The van der Waals surface area contributed by atoms with Crippen molar-refractivity contribution in [1.82, 2.24) is 9.88 Å².